The normalized spacial score (nSPS) is 20.7. The molecule has 1 aromatic carbocycles. The Labute approximate surface area is 247 Å². The number of imide groups is 1. The number of unbranched alkanes of at least 4 members (excludes halogenated alkanes) is 5. The van der Waals surface area contributed by atoms with Crippen LogP contribution in [0, 0.1) is 11.8 Å². The maximum absolute atomic E-state index is 12.7. The van der Waals surface area contributed by atoms with Gasteiger partial charge in [0.25, 0.3) is 0 Å². The number of likely N-dealkylation sites (tertiary alicyclic amines) is 1. The van der Waals surface area contributed by atoms with Crippen LogP contribution in [0.4, 0.5) is 5.69 Å². The highest BCUT2D eigenvalue weighted by atomic mass is 32.2. The number of carbonyl (C=O) groups excluding carboxylic acids is 4. The molecule has 0 bridgehead atoms. The number of carboxylic acids is 1. The number of thioether (sulfide) groups is 1. The van der Waals surface area contributed by atoms with Crippen LogP contribution in [-0.4, -0.2) is 63.7 Å². The number of nitrogens with zero attached hydrogens (tertiary/aromatic N) is 1. The van der Waals surface area contributed by atoms with Gasteiger partial charge in [-0.05, 0) is 75.2 Å². The third-order valence-corrected chi connectivity index (χ3v) is 9.24. The highest BCUT2D eigenvalue weighted by Crippen LogP contribution is 2.29. The Balaban J connectivity index is 1.17. The number of nitrogens with one attached hydrogen (secondary N) is 2. The molecule has 1 aliphatic heterocycles. The van der Waals surface area contributed by atoms with E-state index in [1.807, 2.05) is 30.3 Å². The van der Waals surface area contributed by atoms with E-state index in [9.17, 15) is 24.0 Å². The van der Waals surface area contributed by atoms with E-state index in [2.05, 4.69) is 10.6 Å². The second-order valence-corrected chi connectivity index (χ2v) is 12.5. The number of hydrogen-bond donors (Lipinski definition) is 3. The zero-order valence-corrected chi connectivity index (χ0v) is 24.8. The molecular formula is C31H45N3O6S. The van der Waals surface area contributed by atoms with Crippen molar-refractivity contribution in [3.05, 3.63) is 30.3 Å². The van der Waals surface area contributed by atoms with Gasteiger partial charge >= 0.3 is 5.97 Å². The van der Waals surface area contributed by atoms with E-state index in [0.29, 0.717) is 57.5 Å². The molecule has 3 N–H and O–H groups in total. The van der Waals surface area contributed by atoms with E-state index in [0.717, 1.165) is 56.4 Å². The van der Waals surface area contributed by atoms with E-state index < -0.39 is 5.97 Å². The van der Waals surface area contributed by atoms with Crippen molar-refractivity contribution in [1.82, 2.24) is 10.2 Å². The van der Waals surface area contributed by atoms with Gasteiger partial charge in [0.05, 0.1) is 11.2 Å². The fourth-order valence-corrected chi connectivity index (χ4v) is 6.61. The lowest BCUT2D eigenvalue weighted by Crippen LogP contribution is -2.33. The fourth-order valence-electron chi connectivity index (χ4n) is 5.42. The van der Waals surface area contributed by atoms with Gasteiger partial charge in [-0.2, -0.15) is 0 Å². The molecule has 1 heterocycles. The van der Waals surface area contributed by atoms with Crippen molar-refractivity contribution in [3.63, 3.8) is 0 Å². The molecule has 3 rings (SSSR count). The Kier molecular flexibility index (Phi) is 14.2. The molecule has 1 aliphatic carbocycles. The molecule has 9 nitrogen and oxygen atoms in total. The van der Waals surface area contributed by atoms with Gasteiger partial charge in [0, 0.05) is 38.0 Å². The Morgan fingerprint density at radius 3 is 2.22 bits per heavy atom. The number of para-hydroxylation sites is 1. The van der Waals surface area contributed by atoms with Crippen molar-refractivity contribution in [2.24, 2.45) is 11.8 Å². The molecule has 2 aliphatic rings. The van der Waals surface area contributed by atoms with Gasteiger partial charge in [-0.15, -0.1) is 11.8 Å². The van der Waals surface area contributed by atoms with Gasteiger partial charge in [-0.25, -0.2) is 0 Å². The van der Waals surface area contributed by atoms with Crippen molar-refractivity contribution >= 4 is 47.0 Å². The summed E-state index contributed by atoms with van der Waals surface area (Å²) in [6.45, 7) is 1.02. The van der Waals surface area contributed by atoms with Crippen molar-refractivity contribution in [1.29, 1.82) is 0 Å². The van der Waals surface area contributed by atoms with Crippen molar-refractivity contribution < 1.29 is 29.1 Å². The first-order valence-corrected chi connectivity index (χ1v) is 16.2. The standard InChI is InChI=1S/C31H45N3O6S/c35-27(32-22-23-15-17-24(18-16-23)31(39)40)13-8-4-9-19-34-29(37)21-26(30(34)38)41-20-10-2-1-7-14-28(36)33-25-11-5-3-6-12-25/h3,5-6,11-12,23-24,26H,1-2,4,7-10,13-22H2,(H,32,35)(H,33,36)(H,39,40). The van der Waals surface area contributed by atoms with Crippen LogP contribution in [-0.2, 0) is 24.0 Å². The van der Waals surface area contributed by atoms with Crippen LogP contribution in [0.5, 0.6) is 0 Å². The van der Waals surface area contributed by atoms with Crippen LogP contribution < -0.4 is 10.6 Å². The smallest absolute Gasteiger partial charge is 0.306 e. The van der Waals surface area contributed by atoms with Crippen LogP contribution in [0.3, 0.4) is 0 Å². The van der Waals surface area contributed by atoms with Crippen LogP contribution >= 0.6 is 11.8 Å². The Bertz CT molecular complexity index is 1010. The number of anilines is 1. The first-order valence-electron chi connectivity index (χ1n) is 15.1. The number of carbonyl (C=O) groups is 5. The van der Waals surface area contributed by atoms with Crippen LogP contribution in [0.1, 0.15) is 89.9 Å². The summed E-state index contributed by atoms with van der Waals surface area (Å²) in [6.07, 6.45) is 10.1. The van der Waals surface area contributed by atoms with Crippen LogP contribution in [0.2, 0.25) is 0 Å². The molecule has 1 saturated carbocycles. The molecule has 4 amide bonds. The minimum atomic E-state index is -0.718. The van der Waals surface area contributed by atoms with Gasteiger partial charge < -0.3 is 15.7 Å². The minimum Gasteiger partial charge on any atom is -0.481 e. The summed E-state index contributed by atoms with van der Waals surface area (Å²) in [5, 5.41) is 14.7. The quantitative estimate of drug-likeness (QED) is 0.163. The third kappa shape index (κ3) is 11.9. The van der Waals surface area contributed by atoms with E-state index in [4.69, 9.17) is 5.11 Å². The molecule has 0 radical (unpaired) electrons. The van der Waals surface area contributed by atoms with Crippen LogP contribution in [0.25, 0.3) is 0 Å². The molecule has 2 fully saturated rings. The van der Waals surface area contributed by atoms with Crippen molar-refractivity contribution in [2.45, 2.75) is 95.1 Å². The van der Waals surface area contributed by atoms with E-state index >= 15 is 0 Å². The number of benzene rings is 1. The first kappa shape index (κ1) is 32.6. The van der Waals surface area contributed by atoms with Crippen LogP contribution in [0.15, 0.2) is 30.3 Å². The number of carboxylic acid groups (broad SMARTS) is 1. The predicted octanol–water partition coefficient (Wildman–Crippen LogP) is 5.00. The number of aliphatic carboxylic acids is 1. The van der Waals surface area contributed by atoms with Crippen molar-refractivity contribution in [3.8, 4) is 0 Å². The molecule has 1 aromatic rings. The Hall–Kier alpha value is -2.88. The topological polar surface area (TPSA) is 133 Å². The lowest BCUT2D eigenvalue weighted by atomic mass is 9.82. The van der Waals surface area contributed by atoms with E-state index in [1.165, 1.54) is 4.90 Å². The highest BCUT2D eigenvalue weighted by molar-refractivity contribution is 8.00. The summed E-state index contributed by atoms with van der Waals surface area (Å²) in [6, 6.07) is 9.43. The second kappa shape index (κ2) is 17.8. The average Bonchev–Trinajstić information content (AvgIpc) is 3.23. The summed E-state index contributed by atoms with van der Waals surface area (Å²) in [4.78, 5) is 61.7. The average molecular weight is 588 g/mol. The third-order valence-electron chi connectivity index (χ3n) is 7.95. The molecule has 226 valence electrons. The van der Waals surface area contributed by atoms with Gasteiger partial charge in [0.1, 0.15) is 0 Å². The molecule has 0 spiro atoms. The molecule has 1 unspecified atom stereocenters. The molecule has 41 heavy (non-hydrogen) atoms. The second-order valence-electron chi connectivity index (χ2n) is 11.2. The van der Waals surface area contributed by atoms with Gasteiger partial charge in [-0.3, -0.25) is 28.9 Å². The fraction of sp³-hybridized carbons (Fsp3) is 0.645. The monoisotopic (exact) mass is 587 g/mol. The minimum absolute atomic E-state index is 0.00518. The molecular weight excluding hydrogens is 542 g/mol. The summed E-state index contributed by atoms with van der Waals surface area (Å²) >= 11 is 1.56. The van der Waals surface area contributed by atoms with Gasteiger partial charge in [0.2, 0.25) is 23.6 Å². The number of amides is 4. The van der Waals surface area contributed by atoms with Gasteiger partial charge in [0.15, 0.2) is 0 Å². The van der Waals surface area contributed by atoms with Crippen molar-refractivity contribution in [2.75, 3.05) is 24.2 Å². The summed E-state index contributed by atoms with van der Waals surface area (Å²) < 4.78 is 0. The Morgan fingerprint density at radius 1 is 0.854 bits per heavy atom. The lowest BCUT2D eigenvalue weighted by Gasteiger charge is -2.26. The Morgan fingerprint density at radius 2 is 1.51 bits per heavy atom. The molecule has 10 heteroatoms. The maximum atomic E-state index is 12.7. The van der Waals surface area contributed by atoms with E-state index in [1.54, 1.807) is 11.8 Å². The number of rotatable bonds is 18. The summed E-state index contributed by atoms with van der Waals surface area (Å²) in [7, 11) is 0. The zero-order chi connectivity index (χ0) is 29.5. The number of hydrogen-bond acceptors (Lipinski definition) is 6. The molecule has 1 saturated heterocycles. The SMILES string of the molecule is O=C(CCCCCN1C(=O)CC(SCCCCCCC(=O)Nc2ccccc2)C1=O)NCC1CCC(C(=O)O)CC1. The first-order chi connectivity index (χ1) is 19.8. The summed E-state index contributed by atoms with van der Waals surface area (Å²) in [5.41, 5.74) is 0.812. The summed E-state index contributed by atoms with van der Waals surface area (Å²) in [5.74, 6) is 0.0516. The molecule has 0 aromatic heterocycles. The molecule has 1 atom stereocenters. The van der Waals surface area contributed by atoms with Gasteiger partial charge in [-0.1, -0.05) is 37.5 Å². The largest absolute Gasteiger partial charge is 0.481 e. The lowest BCUT2D eigenvalue weighted by molar-refractivity contribution is -0.143. The zero-order valence-electron chi connectivity index (χ0n) is 24.0. The highest BCUT2D eigenvalue weighted by Gasteiger charge is 2.38. The maximum Gasteiger partial charge on any atom is 0.306 e. The predicted molar refractivity (Wildman–Crippen MR) is 160 cm³/mol. The van der Waals surface area contributed by atoms with E-state index in [-0.39, 0.29) is 41.2 Å².